The molecule has 3 aromatic carbocycles. The number of benzene rings is 3. The minimum atomic E-state index is -0.839. The van der Waals surface area contributed by atoms with Gasteiger partial charge in [-0.25, -0.2) is 4.39 Å². The number of rotatable bonds is 9. The minimum absolute atomic E-state index is 0.0711. The van der Waals surface area contributed by atoms with E-state index in [-0.39, 0.29) is 22.3 Å². The molecule has 39 heavy (non-hydrogen) atoms. The maximum absolute atomic E-state index is 14.1. The van der Waals surface area contributed by atoms with Crippen LogP contribution in [0.25, 0.3) is 11.0 Å². The van der Waals surface area contributed by atoms with Gasteiger partial charge in [-0.2, -0.15) is 0 Å². The number of hydrogen-bond acceptors (Lipinski definition) is 6. The van der Waals surface area contributed by atoms with Crippen LogP contribution in [0.4, 0.5) is 10.1 Å². The number of ether oxygens (including phenoxy) is 3. The van der Waals surface area contributed by atoms with Gasteiger partial charge in [0.25, 0.3) is 5.91 Å². The number of carbonyl (C=O) groups excluding carboxylic acids is 1. The molecule has 0 aliphatic carbocycles. The molecule has 1 aromatic heterocycles. The molecule has 0 N–H and O–H groups in total. The molecule has 4 aromatic rings. The van der Waals surface area contributed by atoms with Gasteiger partial charge in [0.2, 0.25) is 5.76 Å². The van der Waals surface area contributed by atoms with Gasteiger partial charge in [-0.3, -0.25) is 14.5 Å². The van der Waals surface area contributed by atoms with Crippen molar-refractivity contribution in [3.05, 3.63) is 93.6 Å². The topological polar surface area (TPSA) is 78.2 Å². The lowest BCUT2D eigenvalue weighted by Crippen LogP contribution is -2.29. The first-order valence-electron chi connectivity index (χ1n) is 13.0. The lowest BCUT2D eigenvalue weighted by atomic mass is 9.97. The van der Waals surface area contributed by atoms with Gasteiger partial charge in [-0.05, 0) is 79.4 Å². The molecule has 8 heteroatoms. The number of methoxy groups -OCH3 is 1. The molecule has 1 aliphatic rings. The van der Waals surface area contributed by atoms with Crippen LogP contribution < -0.4 is 24.5 Å². The Morgan fingerprint density at radius 3 is 2.44 bits per heavy atom. The highest BCUT2D eigenvalue weighted by molar-refractivity contribution is 6.10. The fraction of sp³-hybridized carbons (Fsp3) is 0.290. The summed E-state index contributed by atoms with van der Waals surface area (Å²) >= 11 is 0. The Hall–Kier alpha value is -4.33. The van der Waals surface area contributed by atoms with Crippen LogP contribution in [0.2, 0.25) is 0 Å². The molecule has 1 aliphatic heterocycles. The van der Waals surface area contributed by atoms with Gasteiger partial charge < -0.3 is 18.6 Å². The summed E-state index contributed by atoms with van der Waals surface area (Å²) in [6.45, 7) is 7.05. The van der Waals surface area contributed by atoms with Gasteiger partial charge in [-0.1, -0.05) is 19.9 Å². The summed E-state index contributed by atoms with van der Waals surface area (Å²) in [5.74, 6) is 1.08. The van der Waals surface area contributed by atoms with Crippen LogP contribution in [0.5, 0.6) is 17.2 Å². The number of carbonyl (C=O) groups is 1. The molecule has 0 spiro atoms. The van der Waals surface area contributed by atoms with E-state index in [0.717, 1.165) is 12.5 Å². The molecule has 0 bridgehead atoms. The second-order valence-electron chi connectivity index (χ2n) is 9.76. The summed E-state index contributed by atoms with van der Waals surface area (Å²) in [7, 11) is 1.56. The standard InChI is InChI=1S/C31H30FNO6/c1-5-37-26-16-19(6-12-25(26)38-15-14-18(2)3)28-27-29(34)23-17-20(32)7-13-24(23)39-30(27)31(35)33(28)21-8-10-22(36-4)11-9-21/h6-13,16-18,28H,5,14-15H2,1-4H3. The van der Waals surface area contributed by atoms with E-state index in [1.165, 1.54) is 17.0 Å². The average Bonchev–Trinajstić information content (AvgIpc) is 3.22. The molecule has 1 amide bonds. The number of hydrogen-bond donors (Lipinski definition) is 0. The zero-order chi connectivity index (χ0) is 27.7. The lowest BCUT2D eigenvalue weighted by molar-refractivity contribution is 0.0971. The molecule has 0 saturated carbocycles. The van der Waals surface area contributed by atoms with Crippen molar-refractivity contribution in [2.75, 3.05) is 25.2 Å². The maximum atomic E-state index is 14.1. The van der Waals surface area contributed by atoms with Gasteiger partial charge in [-0.15, -0.1) is 0 Å². The number of amides is 1. The largest absolute Gasteiger partial charge is 0.497 e. The highest BCUT2D eigenvalue weighted by atomic mass is 19.1. The first kappa shape index (κ1) is 26.3. The van der Waals surface area contributed by atoms with E-state index in [0.29, 0.717) is 47.6 Å². The number of nitrogens with zero attached hydrogens (tertiary/aromatic N) is 1. The second-order valence-corrected chi connectivity index (χ2v) is 9.76. The zero-order valence-corrected chi connectivity index (χ0v) is 22.3. The lowest BCUT2D eigenvalue weighted by Gasteiger charge is -2.26. The highest BCUT2D eigenvalue weighted by Gasteiger charge is 2.44. The van der Waals surface area contributed by atoms with E-state index >= 15 is 0 Å². The fourth-order valence-electron chi connectivity index (χ4n) is 4.76. The molecular formula is C31H30FNO6. The van der Waals surface area contributed by atoms with Gasteiger partial charge in [0.05, 0.1) is 37.3 Å². The van der Waals surface area contributed by atoms with Gasteiger partial charge in [0, 0.05) is 5.69 Å². The molecule has 0 radical (unpaired) electrons. The molecule has 1 atom stereocenters. The van der Waals surface area contributed by atoms with Crippen LogP contribution in [0.3, 0.4) is 0 Å². The molecule has 7 nitrogen and oxygen atoms in total. The Morgan fingerprint density at radius 1 is 0.974 bits per heavy atom. The average molecular weight is 532 g/mol. The molecular weight excluding hydrogens is 501 g/mol. The third-order valence-electron chi connectivity index (χ3n) is 6.72. The van der Waals surface area contributed by atoms with E-state index in [1.54, 1.807) is 43.5 Å². The molecule has 0 saturated heterocycles. The Labute approximate surface area is 225 Å². The molecule has 2 heterocycles. The van der Waals surface area contributed by atoms with E-state index < -0.39 is 23.2 Å². The smallest absolute Gasteiger partial charge is 0.295 e. The predicted octanol–water partition coefficient (Wildman–Crippen LogP) is 6.51. The van der Waals surface area contributed by atoms with Crippen LogP contribution in [0, 0.1) is 11.7 Å². The predicted molar refractivity (Wildman–Crippen MR) is 147 cm³/mol. The van der Waals surface area contributed by atoms with Crippen LogP contribution in [-0.2, 0) is 0 Å². The number of fused-ring (bicyclic) bond motifs is 2. The van der Waals surface area contributed by atoms with E-state index in [1.807, 2.05) is 13.0 Å². The zero-order valence-electron chi connectivity index (χ0n) is 22.3. The SMILES string of the molecule is CCOc1cc(C2c3c(oc4ccc(F)cc4c3=O)C(=O)N2c2ccc(OC)cc2)ccc1OCCC(C)C. The molecule has 202 valence electrons. The summed E-state index contributed by atoms with van der Waals surface area (Å²) in [5, 5.41) is 0.0711. The van der Waals surface area contributed by atoms with Crippen molar-refractivity contribution < 1.29 is 27.8 Å². The number of halogens is 1. The van der Waals surface area contributed by atoms with Crippen molar-refractivity contribution >= 4 is 22.6 Å². The van der Waals surface area contributed by atoms with Crippen LogP contribution >= 0.6 is 0 Å². The minimum Gasteiger partial charge on any atom is -0.497 e. The van der Waals surface area contributed by atoms with Crippen molar-refractivity contribution in [2.24, 2.45) is 5.92 Å². The Kier molecular flexibility index (Phi) is 7.28. The van der Waals surface area contributed by atoms with Crippen molar-refractivity contribution in [2.45, 2.75) is 33.2 Å². The van der Waals surface area contributed by atoms with Gasteiger partial charge in [0.1, 0.15) is 17.1 Å². The first-order valence-corrected chi connectivity index (χ1v) is 13.0. The second kappa shape index (κ2) is 10.8. The molecule has 1 unspecified atom stereocenters. The normalized spacial score (nSPS) is 14.7. The third-order valence-corrected chi connectivity index (χ3v) is 6.72. The Balaban J connectivity index is 1.68. The summed E-state index contributed by atoms with van der Waals surface area (Å²) in [6.07, 6.45) is 0.883. The first-order chi connectivity index (χ1) is 18.8. The monoisotopic (exact) mass is 531 g/mol. The van der Waals surface area contributed by atoms with Crippen molar-refractivity contribution in [3.63, 3.8) is 0 Å². The van der Waals surface area contributed by atoms with Crippen molar-refractivity contribution in [3.8, 4) is 17.2 Å². The van der Waals surface area contributed by atoms with Gasteiger partial charge >= 0.3 is 0 Å². The molecule has 5 rings (SSSR count). The van der Waals surface area contributed by atoms with E-state index in [4.69, 9.17) is 18.6 Å². The third kappa shape index (κ3) is 4.94. The van der Waals surface area contributed by atoms with Crippen molar-refractivity contribution in [1.29, 1.82) is 0 Å². The summed E-state index contributed by atoms with van der Waals surface area (Å²) in [5.41, 5.74) is 0.996. The highest BCUT2D eigenvalue weighted by Crippen LogP contribution is 2.43. The van der Waals surface area contributed by atoms with E-state index in [9.17, 15) is 14.0 Å². The fourth-order valence-corrected chi connectivity index (χ4v) is 4.76. The summed E-state index contributed by atoms with van der Waals surface area (Å²) in [4.78, 5) is 29.1. The molecule has 0 fully saturated rings. The van der Waals surface area contributed by atoms with Crippen LogP contribution in [0.1, 0.15) is 54.9 Å². The Morgan fingerprint density at radius 2 is 1.74 bits per heavy atom. The van der Waals surface area contributed by atoms with E-state index in [2.05, 4.69) is 13.8 Å². The van der Waals surface area contributed by atoms with Crippen molar-refractivity contribution in [1.82, 2.24) is 0 Å². The van der Waals surface area contributed by atoms with Gasteiger partial charge in [0.15, 0.2) is 16.9 Å². The maximum Gasteiger partial charge on any atom is 0.295 e. The van der Waals surface area contributed by atoms with Crippen LogP contribution in [-0.4, -0.2) is 26.2 Å². The summed E-state index contributed by atoms with van der Waals surface area (Å²) < 4.78 is 37.2. The number of anilines is 1. The quantitative estimate of drug-likeness (QED) is 0.245. The Bertz CT molecular complexity index is 1580. The van der Waals surface area contributed by atoms with Crippen LogP contribution in [0.15, 0.2) is 69.9 Å². The summed E-state index contributed by atoms with van der Waals surface area (Å²) in [6, 6.07) is 15.2.